The number of hydrogen-bond acceptors (Lipinski definition) is 5. The number of allylic oxidation sites excluding steroid dienone is 1. The molecule has 0 fully saturated rings. The molecule has 5 nitrogen and oxygen atoms in total. The maximum absolute atomic E-state index is 9.61. The van der Waals surface area contributed by atoms with Crippen molar-refractivity contribution in [1.82, 2.24) is 4.98 Å². The zero-order valence-electron chi connectivity index (χ0n) is 11.1. The van der Waals surface area contributed by atoms with Crippen LogP contribution in [0.2, 0.25) is 0 Å². The highest BCUT2D eigenvalue weighted by Crippen LogP contribution is 2.21. The molecule has 0 atom stereocenters. The first-order valence-electron chi connectivity index (χ1n) is 5.80. The molecule has 1 rings (SSSR count). The maximum Gasteiger partial charge on any atom is 0.160 e. The number of aromatic nitrogens is 1. The topological polar surface area (TPSA) is 94.4 Å². The minimum absolute atomic E-state index is 0.522. The zero-order chi connectivity index (χ0) is 13.8. The number of nitrogen functional groups attached to an aromatic ring is 1. The van der Waals surface area contributed by atoms with E-state index in [0.717, 1.165) is 0 Å². The van der Waals surface area contributed by atoms with Gasteiger partial charge in [-0.3, -0.25) is 4.98 Å². The van der Waals surface area contributed by atoms with Crippen molar-refractivity contribution in [3.63, 3.8) is 0 Å². The van der Waals surface area contributed by atoms with Crippen molar-refractivity contribution in [3.05, 3.63) is 23.7 Å². The number of rotatable bonds is 5. The maximum atomic E-state index is 9.61. The van der Waals surface area contributed by atoms with Gasteiger partial charge in [-0.2, -0.15) is 0 Å². The number of pyridine rings is 1. The van der Waals surface area contributed by atoms with Crippen molar-refractivity contribution in [3.8, 4) is 5.75 Å². The monoisotopic (exact) mass is 251 g/mol. The predicted molar refractivity (Wildman–Crippen MR) is 72.9 cm³/mol. The van der Waals surface area contributed by atoms with Gasteiger partial charge in [-0.15, -0.1) is 0 Å². The normalized spacial score (nSPS) is 12.6. The van der Waals surface area contributed by atoms with E-state index in [-0.39, 0.29) is 0 Å². The van der Waals surface area contributed by atoms with Gasteiger partial charge < -0.3 is 21.3 Å². The van der Waals surface area contributed by atoms with Crippen LogP contribution in [0.3, 0.4) is 0 Å². The molecule has 0 saturated heterocycles. The molecule has 0 aliphatic heterocycles. The minimum Gasteiger partial charge on any atom is -0.493 e. The van der Waals surface area contributed by atoms with Gasteiger partial charge in [0.25, 0.3) is 0 Å². The Balaban J connectivity index is 2.73. The van der Waals surface area contributed by atoms with Gasteiger partial charge >= 0.3 is 0 Å². The lowest BCUT2D eigenvalue weighted by Gasteiger charge is -2.16. The third kappa shape index (κ3) is 4.63. The molecule has 0 amide bonds. The van der Waals surface area contributed by atoms with Crippen LogP contribution in [0.1, 0.15) is 32.4 Å². The third-order valence-corrected chi connectivity index (χ3v) is 2.50. The molecule has 0 saturated carbocycles. The average molecular weight is 251 g/mol. The first kappa shape index (κ1) is 14.3. The van der Waals surface area contributed by atoms with E-state index in [2.05, 4.69) is 4.98 Å². The summed E-state index contributed by atoms with van der Waals surface area (Å²) in [6, 6.07) is 1.70. The average Bonchev–Trinajstić information content (AvgIpc) is 2.26. The molecular formula is C13H21N3O2. The Morgan fingerprint density at radius 1 is 1.56 bits per heavy atom. The fourth-order valence-corrected chi connectivity index (χ4v) is 1.44. The van der Waals surface area contributed by atoms with Crippen LogP contribution in [0.4, 0.5) is 5.69 Å². The molecule has 18 heavy (non-hydrogen) atoms. The molecular weight excluding hydrogens is 230 g/mol. The van der Waals surface area contributed by atoms with Gasteiger partial charge in [-0.25, -0.2) is 0 Å². The largest absolute Gasteiger partial charge is 0.493 e. The van der Waals surface area contributed by atoms with Gasteiger partial charge in [0.1, 0.15) is 0 Å². The van der Waals surface area contributed by atoms with Gasteiger partial charge in [0.2, 0.25) is 0 Å². The van der Waals surface area contributed by atoms with E-state index in [9.17, 15) is 5.11 Å². The Labute approximate surface area is 107 Å². The van der Waals surface area contributed by atoms with E-state index in [1.54, 1.807) is 39.3 Å². The molecule has 1 heterocycles. The summed E-state index contributed by atoms with van der Waals surface area (Å²) in [5, 5.41) is 9.61. The summed E-state index contributed by atoms with van der Waals surface area (Å²) in [5.74, 6) is 0.544. The van der Waals surface area contributed by atoms with E-state index < -0.39 is 5.60 Å². The van der Waals surface area contributed by atoms with Crippen LogP contribution in [-0.4, -0.2) is 22.8 Å². The summed E-state index contributed by atoms with van der Waals surface area (Å²) in [6.07, 6.45) is 4.52. The molecule has 0 aliphatic rings. The van der Waals surface area contributed by atoms with Crippen molar-refractivity contribution in [1.29, 1.82) is 0 Å². The fraction of sp³-hybridized carbons (Fsp3) is 0.462. The van der Waals surface area contributed by atoms with Crippen LogP contribution < -0.4 is 16.2 Å². The molecule has 0 radical (unpaired) electrons. The van der Waals surface area contributed by atoms with Gasteiger partial charge in [-0.05, 0) is 38.8 Å². The Hall–Kier alpha value is -1.75. The van der Waals surface area contributed by atoms with Crippen molar-refractivity contribution < 1.29 is 9.84 Å². The number of nitrogens with two attached hydrogens (primary N) is 2. The number of methoxy groups -OCH3 is 1. The molecule has 0 unspecified atom stereocenters. The minimum atomic E-state index is -0.717. The second-order valence-corrected chi connectivity index (χ2v) is 4.88. The Bertz CT molecular complexity index is 436. The number of hydrogen-bond donors (Lipinski definition) is 3. The fourth-order valence-electron chi connectivity index (χ4n) is 1.44. The van der Waals surface area contributed by atoms with E-state index in [1.807, 2.05) is 0 Å². The number of aliphatic hydroxyl groups is 1. The van der Waals surface area contributed by atoms with Crippen LogP contribution >= 0.6 is 0 Å². The SMILES string of the molecule is COc1cnc(C=C(N)CCC(C)(C)O)cc1N. The summed E-state index contributed by atoms with van der Waals surface area (Å²) in [4.78, 5) is 4.17. The van der Waals surface area contributed by atoms with Crippen molar-refractivity contribution in [2.45, 2.75) is 32.3 Å². The molecule has 0 aliphatic carbocycles. The summed E-state index contributed by atoms with van der Waals surface area (Å²) in [5.41, 5.74) is 12.8. The molecule has 0 aromatic carbocycles. The second-order valence-electron chi connectivity index (χ2n) is 4.88. The quantitative estimate of drug-likeness (QED) is 0.737. The van der Waals surface area contributed by atoms with E-state index in [4.69, 9.17) is 16.2 Å². The summed E-state index contributed by atoms with van der Waals surface area (Å²) >= 11 is 0. The molecule has 1 aromatic rings. The number of nitrogens with zero attached hydrogens (tertiary/aromatic N) is 1. The molecule has 100 valence electrons. The van der Waals surface area contributed by atoms with E-state index in [1.165, 1.54) is 0 Å². The first-order chi connectivity index (χ1) is 8.31. The first-order valence-corrected chi connectivity index (χ1v) is 5.80. The van der Waals surface area contributed by atoms with Crippen LogP contribution in [0.15, 0.2) is 18.0 Å². The molecule has 1 aromatic heterocycles. The van der Waals surface area contributed by atoms with Crippen LogP contribution in [0.25, 0.3) is 6.08 Å². The molecule has 5 N–H and O–H groups in total. The van der Waals surface area contributed by atoms with E-state index in [0.29, 0.717) is 35.7 Å². The summed E-state index contributed by atoms with van der Waals surface area (Å²) in [6.45, 7) is 3.51. The summed E-state index contributed by atoms with van der Waals surface area (Å²) < 4.78 is 5.02. The lowest BCUT2D eigenvalue weighted by atomic mass is 10.0. The zero-order valence-corrected chi connectivity index (χ0v) is 11.1. The molecule has 5 heteroatoms. The second kappa shape index (κ2) is 5.73. The van der Waals surface area contributed by atoms with Crippen LogP contribution in [-0.2, 0) is 0 Å². The highest BCUT2D eigenvalue weighted by Gasteiger charge is 2.12. The van der Waals surface area contributed by atoms with Crippen molar-refractivity contribution >= 4 is 11.8 Å². The van der Waals surface area contributed by atoms with Crippen LogP contribution in [0.5, 0.6) is 5.75 Å². The van der Waals surface area contributed by atoms with Crippen molar-refractivity contribution in [2.24, 2.45) is 5.73 Å². The van der Waals surface area contributed by atoms with Gasteiger partial charge in [0.05, 0.1) is 30.3 Å². The summed E-state index contributed by atoms with van der Waals surface area (Å²) in [7, 11) is 1.54. The Morgan fingerprint density at radius 3 is 2.72 bits per heavy atom. The number of ether oxygens (including phenoxy) is 1. The van der Waals surface area contributed by atoms with E-state index >= 15 is 0 Å². The highest BCUT2D eigenvalue weighted by molar-refractivity contribution is 5.59. The lowest BCUT2D eigenvalue weighted by Crippen LogP contribution is -2.19. The van der Waals surface area contributed by atoms with Gasteiger partial charge in [-0.1, -0.05) is 0 Å². The molecule has 0 bridgehead atoms. The number of anilines is 1. The van der Waals surface area contributed by atoms with Gasteiger partial charge in [0.15, 0.2) is 5.75 Å². The lowest BCUT2D eigenvalue weighted by molar-refractivity contribution is 0.0713. The smallest absolute Gasteiger partial charge is 0.160 e. The Morgan fingerprint density at radius 2 is 2.22 bits per heavy atom. The standard InChI is InChI=1S/C13H21N3O2/c1-13(2,17)5-4-9(14)6-10-7-11(15)12(18-3)8-16-10/h6-8,17H,4-5,14H2,1-3H3,(H2,15,16). The Kier molecular flexibility index (Phi) is 4.55. The highest BCUT2D eigenvalue weighted by atomic mass is 16.5. The third-order valence-electron chi connectivity index (χ3n) is 2.50. The van der Waals surface area contributed by atoms with Gasteiger partial charge in [0, 0.05) is 5.70 Å². The van der Waals surface area contributed by atoms with Crippen molar-refractivity contribution in [2.75, 3.05) is 12.8 Å². The molecule has 0 spiro atoms. The predicted octanol–water partition coefficient (Wildman–Crippen LogP) is 1.52. The van der Waals surface area contributed by atoms with Crippen LogP contribution in [0, 0.1) is 0 Å².